The Labute approximate surface area is 97.2 Å². The zero-order chi connectivity index (χ0) is 9.97. The van der Waals surface area contributed by atoms with Crippen LogP contribution >= 0.6 is 12.4 Å². The van der Waals surface area contributed by atoms with Crippen molar-refractivity contribution in [1.82, 2.24) is 0 Å². The molecule has 0 saturated heterocycles. The first-order valence-electron chi connectivity index (χ1n) is 5.19. The minimum atomic E-state index is 0. The highest BCUT2D eigenvalue weighted by Gasteiger charge is 2.17. The molecule has 84 valence electrons. The molecule has 15 heavy (non-hydrogen) atoms. The van der Waals surface area contributed by atoms with Gasteiger partial charge in [0.05, 0.1) is 7.11 Å². The van der Waals surface area contributed by atoms with Gasteiger partial charge in [-0.25, -0.2) is 0 Å². The number of methoxy groups -OCH3 is 1. The van der Waals surface area contributed by atoms with Gasteiger partial charge in [-0.15, -0.1) is 12.4 Å². The summed E-state index contributed by atoms with van der Waals surface area (Å²) in [6.45, 7) is 0.802. The van der Waals surface area contributed by atoms with E-state index in [-0.39, 0.29) is 12.4 Å². The Balaban J connectivity index is 0.00000112. The lowest BCUT2D eigenvalue weighted by atomic mass is 9.84. The van der Waals surface area contributed by atoms with E-state index in [9.17, 15) is 0 Å². The van der Waals surface area contributed by atoms with Gasteiger partial charge in [0.25, 0.3) is 0 Å². The second kappa shape index (κ2) is 5.38. The zero-order valence-corrected chi connectivity index (χ0v) is 9.85. The van der Waals surface area contributed by atoms with Crippen LogP contribution in [-0.4, -0.2) is 13.7 Å². The third-order valence-corrected chi connectivity index (χ3v) is 3.08. The average molecular weight is 228 g/mol. The van der Waals surface area contributed by atoms with Gasteiger partial charge in [-0.05, 0) is 55.0 Å². The van der Waals surface area contributed by atoms with Crippen LogP contribution in [0.25, 0.3) is 0 Å². The van der Waals surface area contributed by atoms with E-state index in [2.05, 4.69) is 12.1 Å². The second-order valence-electron chi connectivity index (χ2n) is 3.98. The van der Waals surface area contributed by atoms with Crippen molar-refractivity contribution in [3.8, 4) is 5.75 Å². The number of benzene rings is 1. The zero-order valence-electron chi connectivity index (χ0n) is 9.03. The summed E-state index contributed by atoms with van der Waals surface area (Å²) in [6.07, 6.45) is 3.51. The normalized spacial score (nSPS) is 18.9. The fourth-order valence-corrected chi connectivity index (χ4v) is 2.14. The van der Waals surface area contributed by atoms with Crippen molar-refractivity contribution in [2.45, 2.75) is 19.3 Å². The van der Waals surface area contributed by atoms with E-state index in [1.165, 1.54) is 24.0 Å². The van der Waals surface area contributed by atoms with Crippen molar-refractivity contribution in [1.29, 1.82) is 0 Å². The number of rotatable bonds is 2. The topological polar surface area (TPSA) is 35.2 Å². The van der Waals surface area contributed by atoms with Gasteiger partial charge < -0.3 is 10.5 Å². The van der Waals surface area contributed by atoms with E-state index in [0.717, 1.165) is 18.7 Å². The van der Waals surface area contributed by atoms with Gasteiger partial charge in [-0.1, -0.05) is 6.07 Å². The van der Waals surface area contributed by atoms with Gasteiger partial charge in [0.1, 0.15) is 5.75 Å². The van der Waals surface area contributed by atoms with Crippen LogP contribution in [0.2, 0.25) is 0 Å². The van der Waals surface area contributed by atoms with Gasteiger partial charge in [0, 0.05) is 0 Å². The highest BCUT2D eigenvalue weighted by molar-refractivity contribution is 5.85. The Morgan fingerprint density at radius 3 is 2.87 bits per heavy atom. The van der Waals surface area contributed by atoms with Crippen LogP contribution in [0.1, 0.15) is 17.5 Å². The summed E-state index contributed by atoms with van der Waals surface area (Å²) in [5, 5.41) is 0. The smallest absolute Gasteiger partial charge is 0.119 e. The summed E-state index contributed by atoms with van der Waals surface area (Å²) in [4.78, 5) is 0. The molecule has 1 atom stereocenters. The number of halogens is 1. The Hall–Kier alpha value is -0.730. The highest BCUT2D eigenvalue weighted by atomic mass is 35.5. The van der Waals surface area contributed by atoms with Crippen LogP contribution in [0.4, 0.5) is 0 Å². The van der Waals surface area contributed by atoms with Crippen molar-refractivity contribution < 1.29 is 4.74 Å². The van der Waals surface area contributed by atoms with Crippen LogP contribution in [-0.2, 0) is 12.8 Å². The van der Waals surface area contributed by atoms with Crippen molar-refractivity contribution in [3.63, 3.8) is 0 Å². The molecule has 0 aromatic heterocycles. The molecular formula is C12H18ClNO. The molecule has 1 aliphatic rings. The monoisotopic (exact) mass is 227 g/mol. The third-order valence-electron chi connectivity index (χ3n) is 3.08. The summed E-state index contributed by atoms with van der Waals surface area (Å²) >= 11 is 0. The van der Waals surface area contributed by atoms with E-state index in [1.54, 1.807) is 7.11 Å². The van der Waals surface area contributed by atoms with Gasteiger partial charge in [-0.3, -0.25) is 0 Å². The molecular weight excluding hydrogens is 210 g/mol. The maximum atomic E-state index is 5.70. The highest BCUT2D eigenvalue weighted by Crippen LogP contribution is 2.27. The van der Waals surface area contributed by atoms with E-state index < -0.39 is 0 Å². The largest absolute Gasteiger partial charge is 0.497 e. The van der Waals surface area contributed by atoms with Crippen LogP contribution < -0.4 is 10.5 Å². The van der Waals surface area contributed by atoms with E-state index in [1.807, 2.05) is 6.07 Å². The molecule has 0 aliphatic heterocycles. The van der Waals surface area contributed by atoms with E-state index in [4.69, 9.17) is 10.5 Å². The lowest BCUT2D eigenvalue weighted by Gasteiger charge is -2.23. The number of fused-ring (bicyclic) bond motifs is 1. The van der Waals surface area contributed by atoms with Gasteiger partial charge in [0.15, 0.2) is 0 Å². The molecule has 2 rings (SSSR count). The number of hydrogen-bond acceptors (Lipinski definition) is 2. The average Bonchev–Trinajstić information content (AvgIpc) is 2.27. The van der Waals surface area contributed by atoms with Crippen LogP contribution in [0.3, 0.4) is 0 Å². The lowest BCUT2D eigenvalue weighted by Crippen LogP contribution is -2.22. The molecule has 0 amide bonds. The summed E-state index contributed by atoms with van der Waals surface area (Å²) < 4.78 is 5.22. The Kier molecular flexibility index (Phi) is 4.43. The van der Waals surface area contributed by atoms with Crippen molar-refractivity contribution >= 4 is 12.4 Å². The second-order valence-corrected chi connectivity index (χ2v) is 3.98. The summed E-state index contributed by atoms with van der Waals surface area (Å²) in [5.74, 6) is 1.62. The Morgan fingerprint density at radius 1 is 1.40 bits per heavy atom. The quantitative estimate of drug-likeness (QED) is 0.841. The molecule has 0 radical (unpaired) electrons. The lowest BCUT2D eigenvalue weighted by molar-refractivity contribution is 0.411. The number of aryl methyl sites for hydroxylation is 1. The van der Waals surface area contributed by atoms with E-state index in [0.29, 0.717) is 5.92 Å². The summed E-state index contributed by atoms with van der Waals surface area (Å²) in [5.41, 5.74) is 8.59. The Morgan fingerprint density at radius 2 is 2.20 bits per heavy atom. The first-order valence-corrected chi connectivity index (χ1v) is 5.19. The number of nitrogens with two attached hydrogens (primary N) is 1. The number of ether oxygens (including phenoxy) is 1. The standard InChI is InChI=1S/C12H17NO.ClH/c1-14-12-5-4-10-3-2-9(8-13)6-11(10)7-12;/h4-5,7,9H,2-3,6,8,13H2,1H3;1H. The molecule has 0 bridgehead atoms. The Bertz CT molecular complexity index is 327. The van der Waals surface area contributed by atoms with Crippen molar-refractivity contribution in [2.24, 2.45) is 11.7 Å². The molecule has 0 heterocycles. The minimum Gasteiger partial charge on any atom is -0.497 e. The molecule has 2 nitrogen and oxygen atoms in total. The van der Waals surface area contributed by atoms with Crippen LogP contribution in [0, 0.1) is 5.92 Å². The maximum absolute atomic E-state index is 5.70. The first-order chi connectivity index (χ1) is 6.83. The molecule has 2 N–H and O–H groups in total. The van der Waals surface area contributed by atoms with Crippen molar-refractivity contribution in [3.05, 3.63) is 29.3 Å². The molecule has 1 aromatic rings. The van der Waals surface area contributed by atoms with Crippen molar-refractivity contribution in [2.75, 3.05) is 13.7 Å². The first kappa shape index (κ1) is 12.3. The van der Waals surface area contributed by atoms with E-state index >= 15 is 0 Å². The fraction of sp³-hybridized carbons (Fsp3) is 0.500. The van der Waals surface area contributed by atoms with Crippen LogP contribution in [0.5, 0.6) is 5.75 Å². The fourth-order valence-electron chi connectivity index (χ4n) is 2.14. The maximum Gasteiger partial charge on any atom is 0.119 e. The molecule has 0 spiro atoms. The van der Waals surface area contributed by atoms with Crippen LogP contribution in [0.15, 0.2) is 18.2 Å². The predicted molar refractivity (Wildman–Crippen MR) is 64.8 cm³/mol. The molecule has 3 heteroatoms. The molecule has 0 saturated carbocycles. The molecule has 0 fully saturated rings. The molecule has 1 aromatic carbocycles. The van der Waals surface area contributed by atoms with Gasteiger partial charge >= 0.3 is 0 Å². The molecule has 1 unspecified atom stereocenters. The molecule has 1 aliphatic carbocycles. The SMILES string of the molecule is COc1ccc2c(c1)CC(CN)CC2.Cl. The summed E-state index contributed by atoms with van der Waals surface area (Å²) in [7, 11) is 1.71. The van der Waals surface area contributed by atoms with Gasteiger partial charge in [-0.2, -0.15) is 0 Å². The number of hydrogen-bond donors (Lipinski definition) is 1. The third kappa shape index (κ3) is 2.64. The summed E-state index contributed by atoms with van der Waals surface area (Å²) in [6, 6.07) is 6.37. The predicted octanol–water partition coefficient (Wildman–Crippen LogP) is 2.18. The minimum absolute atomic E-state index is 0. The van der Waals surface area contributed by atoms with Gasteiger partial charge in [0.2, 0.25) is 0 Å².